The number of hydrogen-bond acceptors (Lipinski definition) is 2. The summed E-state index contributed by atoms with van der Waals surface area (Å²) in [6.07, 6.45) is 6.26. The smallest absolute Gasteiger partial charge is 0.0305 e. The van der Waals surface area contributed by atoms with Crippen molar-refractivity contribution in [3.63, 3.8) is 0 Å². The molecule has 1 aromatic rings. The van der Waals surface area contributed by atoms with Gasteiger partial charge in [-0.25, -0.2) is 0 Å². The Morgan fingerprint density at radius 3 is 2.87 bits per heavy atom. The van der Waals surface area contributed by atoms with Gasteiger partial charge in [0.25, 0.3) is 0 Å². The van der Waals surface area contributed by atoms with Crippen molar-refractivity contribution in [2.24, 2.45) is 0 Å². The Balaban J connectivity index is 2.40. The van der Waals surface area contributed by atoms with E-state index < -0.39 is 0 Å². The molecule has 0 spiro atoms. The van der Waals surface area contributed by atoms with Gasteiger partial charge in [0.15, 0.2) is 0 Å². The summed E-state index contributed by atoms with van der Waals surface area (Å²) >= 11 is 0. The third-order valence-corrected chi connectivity index (χ3v) is 2.79. The van der Waals surface area contributed by atoms with Gasteiger partial charge in [-0.3, -0.25) is 4.98 Å². The lowest BCUT2D eigenvalue weighted by atomic mass is 9.96. The van der Waals surface area contributed by atoms with Crippen LogP contribution in [0.5, 0.6) is 0 Å². The molecule has 0 aliphatic carbocycles. The molecule has 0 fully saturated rings. The number of rotatable bonds is 6. The van der Waals surface area contributed by atoms with E-state index in [2.05, 4.69) is 37.1 Å². The Kier molecular flexibility index (Phi) is 5.33. The van der Waals surface area contributed by atoms with Crippen molar-refractivity contribution in [3.8, 4) is 0 Å². The van der Waals surface area contributed by atoms with Crippen molar-refractivity contribution in [2.75, 3.05) is 13.1 Å². The number of aromatic nitrogens is 1. The van der Waals surface area contributed by atoms with Crippen molar-refractivity contribution in [1.29, 1.82) is 0 Å². The first-order valence-corrected chi connectivity index (χ1v) is 5.87. The Morgan fingerprint density at radius 2 is 2.20 bits per heavy atom. The summed E-state index contributed by atoms with van der Waals surface area (Å²) < 4.78 is 0. The fourth-order valence-corrected chi connectivity index (χ4v) is 1.77. The molecule has 1 rings (SSSR count). The minimum atomic E-state index is 0.600. The second kappa shape index (κ2) is 6.57. The van der Waals surface area contributed by atoms with E-state index in [9.17, 15) is 0 Å². The first-order valence-electron chi connectivity index (χ1n) is 5.87. The van der Waals surface area contributed by atoms with E-state index in [0.29, 0.717) is 5.92 Å². The lowest BCUT2D eigenvalue weighted by molar-refractivity contribution is 0.588. The topological polar surface area (TPSA) is 24.9 Å². The first kappa shape index (κ1) is 12.2. The third kappa shape index (κ3) is 4.00. The zero-order valence-electron chi connectivity index (χ0n) is 10.1. The molecular weight excluding hydrogens is 184 g/mol. The summed E-state index contributed by atoms with van der Waals surface area (Å²) in [6, 6.07) is 2.09. The van der Waals surface area contributed by atoms with Crippen LogP contribution in [-0.4, -0.2) is 18.1 Å². The van der Waals surface area contributed by atoms with Crippen LogP contribution in [0.25, 0.3) is 0 Å². The Morgan fingerprint density at radius 1 is 1.40 bits per heavy atom. The molecule has 2 heteroatoms. The average Bonchev–Trinajstić information content (AvgIpc) is 2.25. The van der Waals surface area contributed by atoms with Crippen LogP contribution < -0.4 is 5.32 Å². The fourth-order valence-electron chi connectivity index (χ4n) is 1.77. The van der Waals surface area contributed by atoms with Gasteiger partial charge >= 0.3 is 0 Å². The van der Waals surface area contributed by atoms with Gasteiger partial charge < -0.3 is 5.32 Å². The van der Waals surface area contributed by atoms with Crippen LogP contribution in [0.4, 0.5) is 0 Å². The zero-order chi connectivity index (χ0) is 11.1. The van der Waals surface area contributed by atoms with E-state index in [0.717, 1.165) is 13.1 Å². The van der Waals surface area contributed by atoms with Gasteiger partial charge in [0.2, 0.25) is 0 Å². The molecule has 0 bridgehead atoms. The van der Waals surface area contributed by atoms with Crippen molar-refractivity contribution < 1.29 is 0 Å². The van der Waals surface area contributed by atoms with Crippen molar-refractivity contribution in [3.05, 3.63) is 29.6 Å². The molecule has 1 atom stereocenters. The molecule has 0 aromatic carbocycles. The lowest BCUT2D eigenvalue weighted by Gasteiger charge is -2.14. The molecule has 1 N–H and O–H groups in total. The summed E-state index contributed by atoms with van der Waals surface area (Å²) in [6.45, 7) is 8.86. The van der Waals surface area contributed by atoms with E-state index in [4.69, 9.17) is 0 Å². The predicted molar refractivity (Wildman–Crippen MR) is 65.2 cm³/mol. The van der Waals surface area contributed by atoms with E-state index in [1.807, 2.05) is 12.4 Å². The molecule has 0 saturated carbocycles. The van der Waals surface area contributed by atoms with Crippen LogP contribution in [0, 0.1) is 6.92 Å². The van der Waals surface area contributed by atoms with Crippen LogP contribution >= 0.6 is 0 Å². The van der Waals surface area contributed by atoms with E-state index in [-0.39, 0.29) is 0 Å². The fraction of sp³-hybridized carbons (Fsp3) is 0.615. The number of nitrogens with zero attached hydrogens (tertiary/aromatic N) is 1. The largest absolute Gasteiger partial charge is 0.317 e. The summed E-state index contributed by atoms with van der Waals surface area (Å²) in [5.41, 5.74) is 2.74. The van der Waals surface area contributed by atoms with Gasteiger partial charge in [0.1, 0.15) is 0 Å². The normalized spacial score (nSPS) is 12.7. The Hall–Kier alpha value is -0.890. The monoisotopic (exact) mass is 206 g/mol. The van der Waals surface area contributed by atoms with Gasteiger partial charge in [-0.2, -0.15) is 0 Å². The first-order chi connectivity index (χ1) is 7.25. The number of hydrogen-bond donors (Lipinski definition) is 1. The standard InChI is InChI=1S/C13H22N2/c1-4-7-14-8-5-11(2)13-10-15-9-6-12(13)3/h6,9-11,14H,4-5,7-8H2,1-3H3. The van der Waals surface area contributed by atoms with Gasteiger partial charge in [0.05, 0.1) is 0 Å². The molecule has 0 saturated heterocycles. The van der Waals surface area contributed by atoms with Gasteiger partial charge in [0, 0.05) is 12.4 Å². The minimum Gasteiger partial charge on any atom is -0.317 e. The van der Waals surface area contributed by atoms with Crippen molar-refractivity contribution >= 4 is 0 Å². The van der Waals surface area contributed by atoms with Gasteiger partial charge in [-0.15, -0.1) is 0 Å². The maximum Gasteiger partial charge on any atom is 0.0305 e. The Labute approximate surface area is 93.1 Å². The second-order valence-corrected chi connectivity index (χ2v) is 4.17. The Bertz CT molecular complexity index is 284. The highest BCUT2D eigenvalue weighted by atomic mass is 14.8. The van der Waals surface area contributed by atoms with Crippen molar-refractivity contribution in [1.82, 2.24) is 10.3 Å². The molecule has 0 amide bonds. The van der Waals surface area contributed by atoms with Gasteiger partial charge in [-0.1, -0.05) is 13.8 Å². The lowest BCUT2D eigenvalue weighted by Crippen LogP contribution is -2.17. The molecule has 84 valence electrons. The van der Waals surface area contributed by atoms with E-state index in [1.165, 1.54) is 24.0 Å². The van der Waals surface area contributed by atoms with Crippen LogP contribution in [0.2, 0.25) is 0 Å². The molecule has 2 nitrogen and oxygen atoms in total. The predicted octanol–water partition coefficient (Wildman–Crippen LogP) is 2.88. The second-order valence-electron chi connectivity index (χ2n) is 4.17. The number of nitrogens with one attached hydrogen (secondary N) is 1. The van der Waals surface area contributed by atoms with E-state index in [1.54, 1.807) is 0 Å². The average molecular weight is 206 g/mol. The summed E-state index contributed by atoms with van der Waals surface area (Å²) in [5, 5.41) is 3.43. The highest BCUT2D eigenvalue weighted by Crippen LogP contribution is 2.20. The molecule has 1 unspecified atom stereocenters. The summed E-state index contributed by atoms with van der Waals surface area (Å²) in [4.78, 5) is 4.19. The van der Waals surface area contributed by atoms with E-state index >= 15 is 0 Å². The van der Waals surface area contributed by atoms with Crippen LogP contribution in [0.1, 0.15) is 43.7 Å². The highest BCUT2D eigenvalue weighted by molar-refractivity contribution is 5.24. The zero-order valence-corrected chi connectivity index (χ0v) is 10.1. The minimum absolute atomic E-state index is 0.600. The van der Waals surface area contributed by atoms with Gasteiger partial charge in [-0.05, 0) is 56.0 Å². The van der Waals surface area contributed by atoms with Crippen LogP contribution in [-0.2, 0) is 0 Å². The summed E-state index contributed by atoms with van der Waals surface area (Å²) in [7, 11) is 0. The SMILES string of the molecule is CCCNCCC(C)c1cnccc1C. The number of pyridine rings is 1. The number of aryl methyl sites for hydroxylation is 1. The third-order valence-electron chi connectivity index (χ3n) is 2.79. The molecule has 0 aliphatic heterocycles. The quantitative estimate of drug-likeness (QED) is 0.724. The highest BCUT2D eigenvalue weighted by Gasteiger charge is 2.07. The molecule has 1 heterocycles. The van der Waals surface area contributed by atoms with Crippen LogP contribution in [0.15, 0.2) is 18.5 Å². The molecule has 0 radical (unpaired) electrons. The molecule has 0 aliphatic rings. The van der Waals surface area contributed by atoms with Crippen LogP contribution in [0.3, 0.4) is 0 Å². The van der Waals surface area contributed by atoms with Crippen molar-refractivity contribution in [2.45, 2.75) is 39.5 Å². The molecular formula is C13H22N2. The maximum absolute atomic E-state index is 4.19. The molecule has 15 heavy (non-hydrogen) atoms. The summed E-state index contributed by atoms with van der Waals surface area (Å²) in [5.74, 6) is 0.600. The maximum atomic E-state index is 4.19. The molecule has 1 aromatic heterocycles.